The number of hydrogen-bond acceptors (Lipinski definition) is 3. The first kappa shape index (κ1) is 16.9. The molecule has 0 N–H and O–H groups in total. The Morgan fingerprint density at radius 3 is 2.53 bits per heavy atom. The van der Waals surface area contributed by atoms with Gasteiger partial charge in [-0.05, 0) is 38.3 Å². The van der Waals surface area contributed by atoms with Crippen LogP contribution in [0.3, 0.4) is 0 Å². The molecule has 0 aromatic rings. The summed E-state index contributed by atoms with van der Waals surface area (Å²) in [4.78, 5) is 2.47. The molecule has 19 heavy (non-hydrogen) atoms. The van der Waals surface area contributed by atoms with E-state index in [1.54, 1.807) is 0 Å². The second-order valence-electron chi connectivity index (χ2n) is 5.64. The van der Waals surface area contributed by atoms with Crippen molar-refractivity contribution >= 4 is 11.8 Å². The van der Waals surface area contributed by atoms with Gasteiger partial charge in [-0.2, -0.15) is 17.0 Å². The first-order chi connectivity index (χ1) is 9.24. The number of thioether (sulfide) groups is 1. The van der Waals surface area contributed by atoms with E-state index in [0.29, 0.717) is 11.2 Å². The molecule has 3 unspecified atom stereocenters. The lowest BCUT2D eigenvalue weighted by molar-refractivity contribution is 0.304. The summed E-state index contributed by atoms with van der Waals surface area (Å²) in [5.41, 5.74) is 0. The highest BCUT2D eigenvalue weighted by molar-refractivity contribution is 7.99. The van der Waals surface area contributed by atoms with E-state index in [-0.39, 0.29) is 0 Å². The van der Waals surface area contributed by atoms with Gasteiger partial charge in [0, 0.05) is 17.5 Å². The largest absolute Gasteiger partial charge is 0.303 e. The molecule has 0 aliphatic heterocycles. The Morgan fingerprint density at radius 2 is 1.95 bits per heavy atom. The van der Waals surface area contributed by atoms with Crippen molar-refractivity contribution in [2.75, 3.05) is 25.4 Å². The van der Waals surface area contributed by atoms with Crippen molar-refractivity contribution in [3.8, 4) is 6.07 Å². The average Bonchev–Trinajstić information content (AvgIpc) is 2.44. The molecule has 0 bridgehead atoms. The van der Waals surface area contributed by atoms with Crippen LogP contribution >= 0.6 is 11.8 Å². The maximum atomic E-state index is 9.30. The Labute approximate surface area is 123 Å². The summed E-state index contributed by atoms with van der Waals surface area (Å²) in [6, 6.07) is 2.55. The van der Waals surface area contributed by atoms with Gasteiger partial charge in [-0.15, -0.1) is 0 Å². The molecule has 3 heteroatoms. The normalized spacial score (nSPS) is 27.4. The summed E-state index contributed by atoms with van der Waals surface area (Å²) >= 11 is 2.05. The number of nitriles is 1. The highest BCUT2D eigenvalue weighted by Gasteiger charge is 2.30. The van der Waals surface area contributed by atoms with E-state index < -0.39 is 0 Å². The molecular formula is C16H30N2S. The van der Waals surface area contributed by atoms with Gasteiger partial charge in [0.25, 0.3) is 0 Å². The zero-order valence-corrected chi connectivity index (χ0v) is 13.7. The SMILES string of the molecule is CCCC1CCC(C#N)C(SCCN(CC)CC)C1. The van der Waals surface area contributed by atoms with Gasteiger partial charge in [0.1, 0.15) is 0 Å². The third-order valence-electron chi connectivity index (χ3n) is 4.40. The lowest BCUT2D eigenvalue weighted by Crippen LogP contribution is -2.29. The van der Waals surface area contributed by atoms with E-state index in [4.69, 9.17) is 0 Å². The topological polar surface area (TPSA) is 27.0 Å². The van der Waals surface area contributed by atoms with E-state index in [0.717, 1.165) is 25.4 Å². The molecule has 1 aliphatic rings. The Bertz CT molecular complexity index is 270. The molecule has 110 valence electrons. The molecule has 3 atom stereocenters. The highest BCUT2D eigenvalue weighted by Crippen LogP contribution is 2.38. The molecule has 0 aromatic carbocycles. The lowest BCUT2D eigenvalue weighted by atomic mass is 9.80. The monoisotopic (exact) mass is 282 g/mol. The van der Waals surface area contributed by atoms with Crippen LogP contribution in [0.2, 0.25) is 0 Å². The molecule has 1 rings (SSSR count). The third-order valence-corrected chi connectivity index (χ3v) is 5.76. The van der Waals surface area contributed by atoms with E-state index in [1.165, 1.54) is 38.0 Å². The van der Waals surface area contributed by atoms with Gasteiger partial charge in [-0.3, -0.25) is 0 Å². The van der Waals surface area contributed by atoms with E-state index in [1.807, 2.05) is 0 Å². The van der Waals surface area contributed by atoms with Crippen LogP contribution in [0.15, 0.2) is 0 Å². The van der Waals surface area contributed by atoms with Crippen LogP contribution in [0.25, 0.3) is 0 Å². The summed E-state index contributed by atoms with van der Waals surface area (Å²) in [6.07, 6.45) is 6.32. The first-order valence-electron chi connectivity index (χ1n) is 7.98. The van der Waals surface area contributed by atoms with Crippen molar-refractivity contribution in [3.05, 3.63) is 0 Å². The maximum Gasteiger partial charge on any atom is 0.0667 e. The Kier molecular flexibility index (Phi) is 8.57. The molecule has 0 radical (unpaired) electrons. The first-order valence-corrected chi connectivity index (χ1v) is 9.03. The minimum Gasteiger partial charge on any atom is -0.303 e. The minimum atomic E-state index is 0.301. The standard InChI is InChI=1S/C16H30N2S/c1-4-7-14-8-9-15(13-17)16(12-14)19-11-10-18(5-2)6-3/h14-16H,4-12H2,1-3H3. The van der Waals surface area contributed by atoms with Crippen molar-refractivity contribution in [1.29, 1.82) is 5.26 Å². The molecule has 1 saturated carbocycles. The second kappa shape index (κ2) is 9.66. The van der Waals surface area contributed by atoms with E-state index in [9.17, 15) is 5.26 Å². The molecule has 0 amide bonds. The van der Waals surface area contributed by atoms with E-state index in [2.05, 4.69) is 43.5 Å². The summed E-state index contributed by atoms with van der Waals surface area (Å²) in [5.74, 6) is 2.36. The van der Waals surface area contributed by atoms with Gasteiger partial charge in [0.15, 0.2) is 0 Å². The van der Waals surface area contributed by atoms with Crippen molar-refractivity contribution in [3.63, 3.8) is 0 Å². The van der Waals surface area contributed by atoms with Gasteiger partial charge in [-0.1, -0.05) is 33.6 Å². The summed E-state index contributed by atoms with van der Waals surface area (Å²) < 4.78 is 0. The molecular weight excluding hydrogens is 252 g/mol. The van der Waals surface area contributed by atoms with Crippen molar-refractivity contribution in [1.82, 2.24) is 4.90 Å². The maximum absolute atomic E-state index is 9.30. The molecule has 0 spiro atoms. The van der Waals surface area contributed by atoms with Crippen LogP contribution in [0, 0.1) is 23.2 Å². The Morgan fingerprint density at radius 1 is 1.21 bits per heavy atom. The van der Waals surface area contributed by atoms with Crippen molar-refractivity contribution in [2.45, 2.75) is 58.1 Å². The smallest absolute Gasteiger partial charge is 0.0667 e. The summed E-state index contributed by atoms with van der Waals surface area (Å²) in [7, 11) is 0. The molecule has 0 heterocycles. The minimum absolute atomic E-state index is 0.301. The fraction of sp³-hybridized carbons (Fsp3) is 0.938. The number of nitrogens with zero attached hydrogens (tertiary/aromatic N) is 2. The molecule has 0 saturated heterocycles. The summed E-state index contributed by atoms with van der Waals surface area (Å²) in [5, 5.41) is 9.89. The fourth-order valence-corrected chi connectivity index (χ4v) is 4.59. The van der Waals surface area contributed by atoms with Crippen LogP contribution < -0.4 is 0 Å². The van der Waals surface area contributed by atoms with Crippen LogP contribution in [-0.2, 0) is 0 Å². The third kappa shape index (κ3) is 5.75. The van der Waals surface area contributed by atoms with Crippen LogP contribution in [-0.4, -0.2) is 35.5 Å². The zero-order valence-electron chi connectivity index (χ0n) is 12.9. The van der Waals surface area contributed by atoms with Gasteiger partial charge in [0.2, 0.25) is 0 Å². The molecule has 0 aromatic heterocycles. The predicted molar refractivity (Wildman–Crippen MR) is 85.4 cm³/mol. The van der Waals surface area contributed by atoms with Crippen LogP contribution in [0.5, 0.6) is 0 Å². The number of rotatable bonds is 8. The van der Waals surface area contributed by atoms with Gasteiger partial charge >= 0.3 is 0 Å². The van der Waals surface area contributed by atoms with Gasteiger partial charge in [-0.25, -0.2) is 0 Å². The van der Waals surface area contributed by atoms with Gasteiger partial charge < -0.3 is 4.90 Å². The number of hydrogen-bond donors (Lipinski definition) is 0. The van der Waals surface area contributed by atoms with Crippen LogP contribution in [0.1, 0.15) is 52.9 Å². The quantitative estimate of drug-likeness (QED) is 0.668. The van der Waals surface area contributed by atoms with Crippen molar-refractivity contribution < 1.29 is 0 Å². The lowest BCUT2D eigenvalue weighted by Gasteiger charge is -2.32. The highest BCUT2D eigenvalue weighted by atomic mass is 32.2. The fourth-order valence-electron chi connectivity index (χ4n) is 3.09. The zero-order chi connectivity index (χ0) is 14.1. The second-order valence-corrected chi connectivity index (χ2v) is 6.99. The van der Waals surface area contributed by atoms with Crippen molar-refractivity contribution in [2.24, 2.45) is 11.8 Å². The Hall–Kier alpha value is -0.200. The van der Waals surface area contributed by atoms with Gasteiger partial charge in [0.05, 0.1) is 12.0 Å². The molecule has 1 aliphatic carbocycles. The average molecular weight is 282 g/mol. The predicted octanol–water partition coefficient (Wildman–Crippen LogP) is 4.17. The Balaban J connectivity index is 2.36. The molecule has 1 fully saturated rings. The molecule has 2 nitrogen and oxygen atoms in total. The van der Waals surface area contributed by atoms with E-state index >= 15 is 0 Å². The van der Waals surface area contributed by atoms with Crippen LogP contribution in [0.4, 0.5) is 0 Å². The summed E-state index contributed by atoms with van der Waals surface area (Å²) in [6.45, 7) is 10.2.